The van der Waals surface area contributed by atoms with Gasteiger partial charge in [-0.05, 0) is 49.1 Å². The Labute approximate surface area is 187 Å². The highest BCUT2D eigenvalue weighted by Crippen LogP contribution is 2.29. The fourth-order valence-electron chi connectivity index (χ4n) is 3.63. The summed E-state index contributed by atoms with van der Waals surface area (Å²) in [5.41, 5.74) is -0.508. The number of hydrogen-bond donors (Lipinski definition) is 1. The van der Waals surface area contributed by atoms with Gasteiger partial charge in [-0.3, -0.25) is 9.59 Å². The Bertz CT molecular complexity index is 1030. The number of alkyl halides is 3. The van der Waals surface area contributed by atoms with Crippen LogP contribution in [0.25, 0.3) is 0 Å². The summed E-state index contributed by atoms with van der Waals surface area (Å²) in [5, 5.41) is 8.98. The van der Waals surface area contributed by atoms with Crippen LogP contribution in [0.1, 0.15) is 44.9 Å². The fraction of sp³-hybridized carbons (Fsp3) is 0.348. The zero-order chi connectivity index (χ0) is 23.3. The maximum atomic E-state index is 12.8. The van der Waals surface area contributed by atoms with Crippen molar-refractivity contribution in [3.8, 4) is 0 Å². The normalized spacial score (nSPS) is 16.8. The first-order chi connectivity index (χ1) is 15.1. The molecule has 9 heteroatoms. The van der Waals surface area contributed by atoms with Gasteiger partial charge in [-0.25, -0.2) is 4.79 Å². The van der Waals surface area contributed by atoms with Crippen LogP contribution >= 0.6 is 11.3 Å². The quantitative estimate of drug-likeness (QED) is 0.542. The lowest BCUT2D eigenvalue weighted by Crippen LogP contribution is -2.33. The van der Waals surface area contributed by atoms with Crippen molar-refractivity contribution in [2.75, 3.05) is 6.54 Å². The minimum Gasteiger partial charge on any atom is -0.477 e. The molecule has 0 spiro atoms. The molecule has 1 fully saturated rings. The van der Waals surface area contributed by atoms with E-state index in [9.17, 15) is 27.6 Å². The number of hydrogen-bond acceptors (Lipinski definition) is 4. The minimum atomic E-state index is -4.46. The second-order valence-corrected chi connectivity index (χ2v) is 8.74. The number of rotatable bonds is 9. The van der Waals surface area contributed by atoms with E-state index in [2.05, 4.69) is 0 Å². The van der Waals surface area contributed by atoms with Crippen LogP contribution in [0.2, 0.25) is 0 Å². The van der Waals surface area contributed by atoms with Gasteiger partial charge in [0.25, 0.3) is 0 Å². The molecule has 1 aliphatic heterocycles. The number of carbonyl (C=O) groups is 3. The van der Waals surface area contributed by atoms with Crippen LogP contribution in [0.5, 0.6) is 0 Å². The number of likely N-dealkylation sites (tertiary alicyclic amines) is 1. The number of ketones is 1. The number of carbonyl (C=O) groups excluding carboxylic acids is 2. The van der Waals surface area contributed by atoms with Gasteiger partial charge in [-0.2, -0.15) is 13.2 Å². The highest BCUT2D eigenvalue weighted by Gasteiger charge is 2.31. The zero-order valence-electron chi connectivity index (χ0n) is 17.1. The first-order valence-electron chi connectivity index (χ1n) is 10.1. The second kappa shape index (κ2) is 10.1. The molecule has 1 amide bonds. The lowest BCUT2D eigenvalue weighted by atomic mass is 10.0. The largest absolute Gasteiger partial charge is 0.477 e. The van der Waals surface area contributed by atoms with Crippen LogP contribution in [0.3, 0.4) is 0 Å². The zero-order valence-corrected chi connectivity index (χ0v) is 17.9. The van der Waals surface area contributed by atoms with Crippen LogP contribution in [-0.2, 0) is 28.6 Å². The summed E-state index contributed by atoms with van der Waals surface area (Å²) in [4.78, 5) is 38.3. The number of nitrogens with zero attached hydrogens (tertiary/aromatic N) is 1. The third-order valence-electron chi connectivity index (χ3n) is 5.21. The Morgan fingerprint density at radius 1 is 1.22 bits per heavy atom. The highest BCUT2D eigenvalue weighted by molar-refractivity contribution is 7.13. The molecule has 1 aliphatic rings. The Morgan fingerprint density at radius 3 is 2.69 bits per heavy atom. The van der Waals surface area contributed by atoms with E-state index in [4.69, 9.17) is 5.11 Å². The van der Waals surface area contributed by atoms with Crippen molar-refractivity contribution in [1.82, 2.24) is 4.90 Å². The van der Waals surface area contributed by atoms with E-state index in [0.29, 0.717) is 32.2 Å². The monoisotopic (exact) mass is 465 g/mol. The molecule has 32 heavy (non-hydrogen) atoms. The Morgan fingerprint density at radius 2 is 2.00 bits per heavy atom. The molecule has 0 radical (unpaired) electrons. The molecule has 1 aromatic heterocycles. The highest BCUT2D eigenvalue weighted by atomic mass is 32.1. The molecule has 3 rings (SSSR count). The van der Waals surface area contributed by atoms with Gasteiger partial charge in [0.15, 0.2) is 5.78 Å². The van der Waals surface area contributed by atoms with Gasteiger partial charge in [0.2, 0.25) is 5.91 Å². The maximum absolute atomic E-state index is 12.8. The molecular formula is C23H22F3NO4S. The molecular weight excluding hydrogens is 443 g/mol. The Kier molecular flexibility index (Phi) is 7.50. The number of carboxylic acid groups (broad SMARTS) is 1. The summed E-state index contributed by atoms with van der Waals surface area (Å²) in [6, 6.07) is 7.79. The summed E-state index contributed by atoms with van der Waals surface area (Å²) in [7, 11) is 0. The first kappa shape index (κ1) is 23.7. The molecule has 2 aromatic rings. The number of benzene rings is 1. The Balaban J connectivity index is 1.54. The average molecular weight is 465 g/mol. The fourth-order valence-corrected chi connectivity index (χ4v) is 4.52. The molecule has 170 valence electrons. The van der Waals surface area contributed by atoms with E-state index in [1.165, 1.54) is 29.5 Å². The number of allylic oxidation sites excluding steroid dienone is 1. The second-order valence-electron chi connectivity index (χ2n) is 7.57. The van der Waals surface area contributed by atoms with Crippen molar-refractivity contribution in [3.63, 3.8) is 0 Å². The van der Waals surface area contributed by atoms with E-state index >= 15 is 0 Å². The number of halogens is 3. The molecule has 1 saturated heterocycles. The number of aromatic carboxylic acids is 1. The van der Waals surface area contributed by atoms with E-state index in [1.807, 2.05) is 0 Å². The van der Waals surface area contributed by atoms with Crippen LogP contribution in [0.4, 0.5) is 13.2 Å². The van der Waals surface area contributed by atoms with Gasteiger partial charge in [0, 0.05) is 24.3 Å². The lowest BCUT2D eigenvalue weighted by molar-refractivity contribution is -0.137. The summed E-state index contributed by atoms with van der Waals surface area (Å²) >= 11 is 1.21. The minimum absolute atomic E-state index is 0.0117. The van der Waals surface area contributed by atoms with Gasteiger partial charge in [0.05, 0.1) is 11.6 Å². The van der Waals surface area contributed by atoms with Gasteiger partial charge < -0.3 is 10.0 Å². The van der Waals surface area contributed by atoms with Gasteiger partial charge in [0.1, 0.15) is 4.88 Å². The van der Waals surface area contributed by atoms with Gasteiger partial charge >= 0.3 is 12.1 Å². The third-order valence-corrected chi connectivity index (χ3v) is 6.34. The van der Waals surface area contributed by atoms with Gasteiger partial charge in [-0.15, -0.1) is 11.3 Å². The molecule has 1 aromatic carbocycles. The average Bonchev–Trinajstić information content (AvgIpc) is 3.34. The first-order valence-corrected chi connectivity index (χ1v) is 10.9. The standard InChI is InChI=1S/C23H22F3NO4S/c24-23(25,26)16-4-1-3-15(13-16)14-18(28)8-6-17-7-11-21(29)27(17)12-2-5-19-9-10-20(32-19)22(30)31/h1,3-4,6,8-10,13,17H,2,5,7,11-12,14H2,(H,30,31)/b8-6+. The van der Waals surface area contributed by atoms with Crippen molar-refractivity contribution in [2.45, 2.75) is 44.3 Å². The molecule has 5 nitrogen and oxygen atoms in total. The smallest absolute Gasteiger partial charge is 0.416 e. The number of thiophene rings is 1. The summed E-state index contributed by atoms with van der Waals surface area (Å²) in [6.07, 6.45) is 0.639. The topological polar surface area (TPSA) is 74.7 Å². The summed E-state index contributed by atoms with van der Waals surface area (Å²) < 4.78 is 38.5. The summed E-state index contributed by atoms with van der Waals surface area (Å²) in [5.74, 6) is -1.30. The van der Waals surface area contributed by atoms with Crippen molar-refractivity contribution in [2.24, 2.45) is 0 Å². The third kappa shape index (κ3) is 6.29. The maximum Gasteiger partial charge on any atom is 0.416 e. The predicted molar refractivity (Wildman–Crippen MR) is 114 cm³/mol. The van der Waals surface area contributed by atoms with Crippen LogP contribution in [-0.4, -0.2) is 40.3 Å². The van der Waals surface area contributed by atoms with Crippen molar-refractivity contribution in [1.29, 1.82) is 0 Å². The summed E-state index contributed by atoms with van der Waals surface area (Å²) in [6.45, 7) is 0.482. The number of amides is 1. The molecule has 0 aliphatic carbocycles. The molecule has 0 saturated carbocycles. The van der Waals surface area contributed by atoms with Crippen molar-refractivity contribution in [3.05, 3.63) is 69.4 Å². The van der Waals surface area contributed by atoms with Crippen LogP contribution in [0, 0.1) is 0 Å². The number of carboxylic acids is 1. The molecule has 1 N–H and O–H groups in total. The molecule has 1 unspecified atom stereocenters. The predicted octanol–water partition coefficient (Wildman–Crippen LogP) is 4.76. The molecule has 2 heterocycles. The molecule has 1 atom stereocenters. The van der Waals surface area contributed by atoms with Crippen molar-refractivity contribution >= 4 is 29.0 Å². The molecule has 0 bridgehead atoms. The Hall–Kier alpha value is -2.94. The van der Waals surface area contributed by atoms with E-state index < -0.39 is 17.7 Å². The van der Waals surface area contributed by atoms with Crippen LogP contribution < -0.4 is 0 Å². The number of aryl methyl sites for hydroxylation is 1. The van der Waals surface area contributed by atoms with E-state index in [0.717, 1.165) is 17.0 Å². The lowest BCUT2D eigenvalue weighted by Gasteiger charge is -2.22. The van der Waals surface area contributed by atoms with E-state index in [-0.39, 0.29) is 34.6 Å². The van der Waals surface area contributed by atoms with Gasteiger partial charge in [-0.1, -0.05) is 24.3 Å². The van der Waals surface area contributed by atoms with Crippen LogP contribution in [0.15, 0.2) is 48.6 Å². The van der Waals surface area contributed by atoms with E-state index in [1.54, 1.807) is 23.1 Å². The SMILES string of the molecule is O=C(/C=C/C1CCC(=O)N1CCCc1ccc(C(=O)O)s1)Cc1cccc(C(F)(F)F)c1. The van der Waals surface area contributed by atoms with Crippen molar-refractivity contribution < 1.29 is 32.7 Å².